The van der Waals surface area contributed by atoms with Crippen molar-refractivity contribution in [3.8, 4) is 5.69 Å². The Morgan fingerprint density at radius 2 is 1.80 bits per heavy atom. The summed E-state index contributed by atoms with van der Waals surface area (Å²) in [5.41, 5.74) is 6.24. The average Bonchev–Trinajstić information content (AvgIpc) is 2.72. The molecule has 3 nitrogen and oxygen atoms in total. The highest BCUT2D eigenvalue weighted by molar-refractivity contribution is 5.38. The van der Waals surface area contributed by atoms with Crippen molar-refractivity contribution in [3.63, 3.8) is 0 Å². The molecule has 0 saturated heterocycles. The molecule has 1 N–H and O–H groups in total. The van der Waals surface area contributed by atoms with E-state index in [0.717, 1.165) is 37.3 Å². The van der Waals surface area contributed by atoms with E-state index in [1.165, 1.54) is 16.8 Å². The van der Waals surface area contributed by atoms with Gasteiger partial charge in [0, 0.05) is 5.69 Å². The molecule has 0 atom stereocenters. The molecule has 108 valence electrons. The van der Waals surface area contributed by atoms with Gasteiger partial charge in [-0.2, -0.15) is 5.10 Å². The van der Waals surface area contributed by atoms with Crippen LogP contribution in [0.4, 0.5) is 0 Å². The Labute approximate surface area is 122 Å². The molecule has 0 aliphatic heterocycles. The molecule has 0 bridgehead atoms. The smallest absolute Gasteiger partial charge is 0.0649 e. The third-order valence-electron chi connectivity index (χ3n) is 3.75. The third-order valence-corrected chi connectivity index (χ3v) is 3.75. The molecule has 0 radical (unpaired) electrons. The standard InChI is InChI=1S/C17H25N3/c1-5-18-12-6-7-17-14(3)19-20(15(17)4)16-10-8-13(2)9-11-16/h8-11,18H,5-7,12H2,1-4H3. The number of nitrogens with one attached hydrogen (secondary N) is 1. The number of benzene rings is 1. The first-order chi connectivity index (χ1) is 9.63. The Bertz CT molecular complexity index is 552. The van der Waals surface area contributed by atoms with Crippen LogP contribution in [-0.4, -0.2) is 22.9 Å². The number of aryl methyl sites for hydroxylation is 2. The summed E-state index contributed by atoms with van der Waals surface area (Å²) in [7, 11) is 0. The van der Waals surface area contributed by atoms with E-state index < -0.39 is 0 Å². The van der Waals surface area contributed by atoms with Crippen molar-refractivity contribution in [2.75, 3.05) is 13.1 Å². The lowest BCUT2D eigenvalue weighted by molar-refractivity contribution is 0.670. The fourth-order valence-electron chi connectivity index (χ4n) is 2.54. The maximum atomic E-state index is 4.71. The summed E-state index contributed by atoms with van der Waals surface area (Å²) in [5.74, 6) is 0. The van der Waals surface area contributed by atoms with Crippen LogP contribution in [0.3, 0.4) is 0 Å². The first kappa shape index (κ1) is 14.8. The highest BCUT2D eigenvalue weighted by Crippen LogP contribution is 2.19. The van der Waals surface area contributed by atoms with E-state index in [2.05, 4.69) is 62.0 Å². The molecule has 0 amide bonds. The number of aromatic nitrogens is 2. The van der Waals surface area contributed by atoms with Gasteiger partial charge in [-0.15, -0.1) is 0 Å². The normalized spacial score (nSPS) is 11.0. The van der Waals surface area contributed by atoms with Gasteiger partial charge in [0.15, 0.2) is 0 Å². The molecular weight excluding hydrogens is 246 g/mol. The molecule has 0 spiro atoms. The van der Waals surface area contributed by atoms with E-state index in [9.17, 15) is 0 Å². The van der Waals surface area contributed by atoms with Gasteiger partial charge in [-0.25, -0.2) is 4.68 Å². The lowest BCUT2D eigenvalue weighted by Crippen LogP contribution is -2.14. The molecule has 1 heterocycles. The first-order valence-electron chi connectivity index (χ1n) is 7.46. The van der Waals surface area contributed by atoms with Crippen molar-refractivity contribution >= 4 is 0 Å². The molecule has 0 unspecified atom stereocenters. The highest BCUT2D eigenvalue weighted by Gasteiger charge is 2.12. The second-order valence-electron chi connectivity index (χ2n) is 5.35. The summed E-state index contributed by atoms with van der Waals surface area (Å²) >= 11 is 0. The van der Waals surface area contributed by atoms with Crippen molar-refractivity contribution in [3.05, 3.63) is 46.8 Å². The van der Waals surface area contributed by atoms with E-state index in [4.69, 9.17) is 5.10 Å². The van der Waals surface area contributed by atoms with Crippen LogP contribution in [0, 0.1) is 20.8 Å². The molecular formula is C17H25N3. The number of rotatable bonds is 6. The van der Waals surface area contributed by atoms with Gasteiger partial charge >= 0.3 is 0 Å². The second-order valence-corrected chi connectivity index (χ2v) is 5.35. The highest BCUT2D eigenvalue weighted by atomic mass is 15.3. The Morgan fingerprint density at radius 3 is 2.45 bits per heavy atom. The van der Waals surface area contributed by atoms with Crippen molar-refractivity contribution in [2.45, 2.75) is 40.5 Å². The van der Waals surface area contributed by atoms with E-state index in [1.807, 2.05) is 0 Å². The van der Waals surface area contributed by atoms with Gasteiger partial charge < -0.3 is 5.32 Å². The van der Waals surface area contributed by atoms with E-state index >= 15 is 0 Å². The molecule has 20 heavy (non-hydrogen) atoms. The summed E-state index contributed by atoms with van der Waals surface area (Å²) < 4.78 is 2.07. The van der Waals surface area contributed by atoms with Crippen LogP contribution in [0.5, 0.6) is 0 Å². The van der Waals surface area contributed by atoms with Crippen LogP contribution >= 0.6 is 0 Å². The zero-order chi connectivity index (χ0) is 14.5. The van der Waals surface area contributed by atoms with Crippen LogP contribution in [0.25, 0.3) is 5.69 Å². The summed E-state index contributed by atoms with van der Waals surface area (Å²) in [5, 5.41) is 8.08. The minimum atomic E-state index is 1.04. The van der Waals surface area contributed by atoms with Crippen molar-refractivity contribution in [1.29, 1.82) is 0 Å². The zero-order valence-corrected chi connectivity index (χ0v) is 13.0. The van der Waals surface area contributed by atoms with Gasteiger partial charge in [0.25, 0.3) is 0 Å². The number of hydrogen-bond acceptors (Lipinski definition) is 2. The van der Waals surface area contributed by atoms with Gasteiger partial charge in [0.05, 0.1) is 11.4 Å². The number of nitrogens with zero attached hydrogens (tertiary/aromatic N) is 2. The Balaban J connectivity index is 2.17. The fourth-order valence-corrected chi connectivity index (χ4v) is 2.54. The quantitative estimate of drug-likeness (QED) is 0.817. The van der Waals surface area contributed by atoms with E-state index in [-0.39, 0.29) is 0 Å². The fraction of sp³-hybridized carbons (Fsp3) is 0.471. The second kappa shape index (κ2) is 6.71. The summed E-state index contributed by atoms with van der Waals surface area (Å²) in [6.07, 6.45) is 2.26. The predicted molar refractivity (Wildman–Crippen MR) is 84.6 cm³/mol. The van der Waals surface area contributed by atoms with Crippen LogP contribution in [0.15, 0.2) is 24.3 Å². The molecule has 1 aromatic heterocycles. The minimum absolute atomic E-state index is 1.04. The Morgan fingerprint density at radius 1 is 1.10 bits per heavy atom. The van der Waals surface area contributed by atoms with Crippen molar-refractivity contribution in [1.82, 2.24) is 15.1 Å². The molecule has 3 heteroatoms. The van der Waals surface area contributed by atoms with Crippen LogP contribution in [-0.2, 0) is 6.42 Å². The maximum absolute atomic E-state index is 4.71. The van der Waals surface area contributed by atoms with Crippen LogP contribution in [0.2, 0.25) is 0 Å². The van der Waals surface area contributed by atoms with E-state index in [0.29, 0.717) is 0 Å². The maximum Gasteiger partial charge on any atom is 0.0649 e. The van der Waals surface area contributed by atoms with Gasteiger partial charge in [0.1, 0.15) is 0 Å². The third kappa shape index (κ3) is 3.28. The molecule has 0 fully saturated rings. The van der Waals surface area contributed by atoms with Gasteiger partial charge in [-0.3, -0.25) is 0 Å². The molecule has 2 rings (SSSR count). The topological polar surface area (TPSA) is 29.9 Å². The summed E-state index contributed by atoms with van der Waals surface area (Å²) in [4.78, 5) is 0. The number of hydrogen-bond donors (Lipinski definition) is 1. The largest absolute Gasteiger partial charge is 0.317 e. The lowest BCUT2D eigenvalue weighted by atomic mass is 10.1. The lowest BCUT2D eigenvalue weighted by Gasteiger charge is -2.06. The zero-order valence-electron chi connectivity index (χ0n) is 13.0. The van der Waals surface area contributed by atoms with Crippen molar-refractivity contribution < 1.29 is 0 Å². The minimum Gasteiger partial charge on any atom is -0.317 e. The van der Waals surface area contributed by atoms with Gasteiger partial charge in [0.2, 0.25) is 0 Å². The van der Waals surface area contributed by atoms with Gasteiger partial charge in [-0.1, -0.05) is 24.6 Å². The molecule has 1 aromatic carbocycles. The summed E-state index contributed by atoms with van der Waals surface area (Å²) in [6, 6.07) is 8.54. The Kier molecular flexibility index (Phi) is 4.96. The van der Waals surface area contributed by atoms with E-state index in [1.54, 1.807) is 0 Å². The SMILES string of the molecule is CCNCCCc1c(C)nn(-c2ccc(C)cc2)c1C. The van der Waals surface area contributed by atoms with Crippen LogP contribution < -0.4 is 5.32 Å². The average molecular weight is 271 g/mol. The summed E-state index contributed by atoms with van der Waals surface area (Å²) in [6.45, 7) is 10.7. The monoisotopic (exact) mass is 271 g/mol. The Hall–Kier alpha value is -1.61. The predicted octanol–water partition coefficient (Wildman–Crippen LogP) is 3.34. The molecule has 0 aliphatic rings. The van der Waals surface area contributed by atoms with Gasteiger partial charge in [-0.05, 0) is 64.4 Å². The van der Waals surface area contributed by atoms with Crippen LogP contribution in [0.1, 0.15) is 35.9 Å². The first-order valence-corrected chi connectivity index (χ1v) is 7.46. The molecule has 2 aromatic rings. The molecule has 0 saturated carbocycles. The molecule has 0 aliphatic carbocycles. The van der Waals surface area contributed by atoms with Crippen molar-refractivity contribution in [2.24, 2.45) is 0 Å².